The smallest absolute Gasteiger partial charge is 0.00952 e. The van der Waals surface area contributed by atoms with Crippen molar-refractivity contribution in [2.45, 2.75) is 136 Å². The number of nitrogens with zero attached hydrogens (tertiary/aromatic N) is 2. The summed E-state index contributed by atoms with van der Waals surface area (Å²) in [6, 6.07) is 3.16. The SMILES string of the molecule is CC(C)CC(C)N(C)C1CCC(CC2CCC(N(C)C(C)CC(C)C)CC2)CC1. The average molecular weight is 407 g/mol. The van der Waals surface area contributed by atoms with Crippen LogP contribution in [-0.4, -0.2) is 48.1 Å². The third kappa shape index (κ3) is 8.17. The molecule has 2 rings (SSSR count). The zero-order valence-electron chi connectivity index (χ0n) is 21.3. The molecular formula is C27H54N2. The molecular weight excluding hydrogens is 352 g/mol. The van der Waals surface area contributed by atoms with Gasteiger partial charge in [-0.25, -0.2) is 0 Å². The third-order valence-corrected chi connectivity index (χ3v) is 8.47. The van der Waals surface area contributed by atoms with Crippen LogP contribution in [0.25, 0.3) is 0 Å². The Balaban J connectivity index is 1.68. The molecule has 0 amide bonds. The van der Waals surface area contributed by atoms with Gasteiger partial charge >= 0.3 is 0 Å². The van der Waals surface area contributed by atoms with Crippen molar-refractivity contribution in [1.82, 2.24) is 9.80 Å². The van der Waals surface area contributed by atoms with Crippen LogP contribution in [0.15, 0.2) is 0 Å². The van der Waals surface area contributed by atoms with E-state index in [0.29, 0.717) is 0 Å². The average Bonchev–Trinajstić information content (AvgIpc) is 2.67. The summed E-state index contributed by atoms with van der Waals surface area (Å²) in [4.78, 5) is 5.41. The molecule has 0 radical (unpaired) electrons. The molecule has 2 saturated carbocycles. The van der Waals surface area contributed by atoms with Gasteiger partial charge in [-0.2, -0.15) is 0 Å². The first-order valence-corrected chi connectivity index (χ1v) is 13.1. The lowest BCUT2D eigenvalue weighted by molar-refractivity contribution is 0.0922. The highest BCUT2D eigenvalue weighted by Gasteiger charge is 2.31. The first-order valence-electron chi connectivity index (χ1n) is 13.1. The maximum Gasteiger partial charge on any atom is 0.00952 e. The highest BCUT2D eigenvalue weighted by molar-refractivity contribution is 4.85. The van der Waals surface area contributed by atoms with Gasteiger partial charge in [0.1, 0.15) is 0 Å². The van der Waals surface area contributed by atoms with Crippen molar-refractivity contribution < 1.29 is 0 Å². The topological polar surface area (TPSA) is 6.48 Å². The van der Waals surface area contributed by atoms with E-state index in [1.807, 2.05) is 0 Å². The van der Waals surface area contributed by atoms with E-state index in [4.69, 9.17) is 0 Å². The maximum atomic E-state index is 2.70. The standard InChI is InChI=1S/C27H54N2/c1-20(2)17-22(5)28(7)26-13-9-24(10-14-26)19-25-11-15-27(16-12-25)29(8)23(6)18-21(3)4/h20-27H,9-19H2,1-8H3. The quantitative estimate of drug-likeness (QED) is 0.377. The molecule has 2 aliphatic carbocycles. The second-order valence-corrected chi connectivity index (χ2v) is 11.9. The summed E-state index contributed by atoms with van der Waals surface area (Å²) >= 11 is 0. The second kappa shape index (κ2) is 12.1. The van der Waals surface area contributed by atoms with Crippen molar-refractivity contribution in [2.24, 2.45) is 23.7 Å². The zero-order valence-corrected chi connectivity index (χ0v) is 21.3. The first kappa shape index (κ1) is 25.2. The molecule has 0 spiro atoms. The molecule has 0 heterocycles. The van der Waals surface area contributed by atoms with Crippen LogP contribution < -0.4 is 0 Å². The molecule has 0 aromatic heterocycles. The van der Waals surface area contributed by atoms with Crippen molar-refractivity contribution in [2.75, 3.05) is 14.1 Å². The molecule has 0 saturated heterocycles. The van der Waals surface area contributed by atoms with Gasteiger partial charge in [0, 0.05) is 24.2 Å². The first-order chi connectivity index (χ1) is 13.7. The van der Waals surface area contributed by atoms with Crippen LogP contribution in [0.5, 0.6) is 0 Å². The summed E-state index contributed by atoms with van der Waals surface area (Å²) in [6.07, 6.45) is 15.9. The normalized spacial score (nSPS) is 31.0. The summed E-state index contributed by atoms with van der Waals surface area (Å²) in [5, 5.41) is 0. The second-order valence-electron chi connectivity index (χ2n) is 11.9. The van der Waals surface area contributed by atoms with E-state index in [-0.39, 0.29) is 0 Å². The maximum absolute atomic E-state index is 2.70. The molecule has 0 aliphatic heterocycles. The highest BCUT2D eigenvalue weighted by Crippen LogP contribution is 2.38. The minimum Gasteiger partial charge on any atom is -0.301 e. The zero-order chi connectivity index (χ0) is 21.6. The lowest BCUT2D eigenvalue weighted by Crippen LogP contribution is -2.42. The fourth-order valence-electron chi connectivity index (χ4n) is 6.46. The summed E-state index contributed by atoms with van der Waals surface area (Å²) in [5.41, 5.74) is 0. The summed E-state index contributed by atoms with van der Waals surface area (Å²) in [5.74, 6) is 3.65. The van der Waals surface area contributed by atoms with Gasteiger partial charge in [0.05, 0.1) is 0 Å². The van der Waals surface area contributed by atoms with Crippen LogP contribution in [0.3, 0.4) is 0 Å². The Morgan fingerprint density at radius 2 is 0.862 bits per heavy atom. The molecule has 2 unspecified atom stereocenters. The van der Waals surface area contributed by atoms with Crippen LogP contribution in [0.4, 0.5) is 0 Å². The van der Waals surface area contributed by atoms with Crippen molar-refractivity contribution in [1.29, 1.82) is 0 Å². The van der Waals surface area contributed by atoms with Gasteiger partial charge in [-0.3, -0.25) is 0 Å². The van der Waals surface area contributed by atoms with E-state index in [2.05, 4.69) is 65.4 Å². The molecule has 0 aromatic rings. The van der Waals surface area contributed by atoms with E-state index in [9.17, 15) is 0 Å². The van der Waals surface area contributed by atoms with E-state index >= 15 is 0 Å². The van der Waals surface area contributed by atoms with Gasteiger partial charge in [-0.1, -0.05) is 27.7 Å². The molecule has 0 aromatic carbocycles. The molecule has 172 valence electrons. The fourth-order valence-corrected chi connectivity index (χ4v) is 6.46. The van der Waals surface area contributed by atoms with Gasteiger partial charge in [-0.15, -0.1) is 0 Å². The van der Waals surface area contributed by atoms with Gasteiger partial charge in [0.25, 0.3) is 0 Å². The summed E-state index contributed by atoms with van der Waals surface area (Å²) in [6.45, 7) is 14.3. The summed E-state index contributed by atoms with van der Waals surface area (Å²) < 4.78 is 0. The predicted octanol–water partition coefficient (Wildman–Crippen LogP) is 7.23. The Hall–Kier alpha value is -0.0800. The lowest BCUT2D eigenvalue weighted by Gasteiger charge is -2.41. The number of hydrogen-bond acceptors (Lipinski definition) is 2. The molecule has 2 fully saturated rings. The Labute approximate surface area is 184 Å². The van der Waals surface area contributed by atoms with E-state index in [0.717, 1.165) is 47.8 Å². The molecule has 2 atom stereocenters. The Morgan fingerprint density at radius 1 is 0.552 bits per heavy atom. The Morgan fingerprint density at radius 3 is 1.14 bits per heavy atom. The molecule has 2 aliphatic rings. The van der Waals surface area contributed by atoms with E-state index in [1.54, 1.807) is 0 Å². The van der Waals surface area contributed by atoms with Crippen LogP contribution in [0.2, 0.25) is 0 Å². The van der Waals surface area contributed by atoms with Gasteiger partial charge in [0.15, 0.2) is 0 Å². The molecule has 0 bridgehead atoms. The fraction of sp³-hybridized carbons (Fsp3) is 1.00. The van der Waals surface area contributed by atoms with Crippen LogP contribution in [-0.2, 0) is 0 Å². The van der Waals surface area contributed by atoms with Crippen LogP contribution >= 0.6 is 0 Å². The molecule has 0 N–H and O–H groups in total. The number of hydrogen-bond donors (Lipinski definition) is 0. The molecule has 29 heavy (non-hydrogen) atoms. The van der Waals surface area contributed by atoms with Crippen LogP contribution in [0, 0.1) is 23.7 Å². The Bertz CT molecular complexity index is 390. The van der Waals surface area contributed by atoms with E-state index in [1.165, 1.54) is 70.6 Å². The molecule has 2 nitrogen and oxygen atoms in total. The van der Waals surface area contributed by atoms with Crippen molar-refractivity contribution in [3.63, 3.8) is 0 Å². The van der Waals surface area contributed by atoms with Gasteiger partial charge in [-0.05, 0) is 122 Å². The van der Waals surface area contributed by atoms with E-state index < -0.39 is 0 Å². The third-order valence-electron chi connectivity index (χ3n) is 8.47. The molecule has 2 heteroatoms. The largest absolute Gasteiger partial charge is 0.301 e. The predicted molar refractivity (Wildman–Crippen MR) is 129 cm³/mol. The van der Waals surface area contributed by atoms with Crippen LogP contribution in [0.1, 0.15) is 112 Å². The van der Waals surface area contributed by atoms with Crippen molar-refractivity contribution in [3.05, 3.63) is 0 Å². The lowest BCUT2D eigenvalue weighted by atomic mass is 9.75. The summed E-state index contributed by atoms with van der Waals surface area (Å²) in [7, 11) is 4.77. The highest BCUT2D eigenvalue weighted by atomic mass is 15.2. The van der Waals surface area contributed by atoms with Gasteiger partial charge in [0.2, 0.25) is 0 Å². The number of rotatable bonds is 10. The Kier molecular flexibility index (Phi) is 10.5. The van der Waals surface area contributed by atoms with Gasteiger partial charge < -0.3 is 9.80 Å². The monoisotopic (exact) mass is 406 g/mol. The minimum absolute atomic E-state index is 0.738. The van der Waals surface area contributed by atoms with Crippen molar-refractivity contribution >= 4 is 0 Å². The minimum atomic E-state index is 0.738. The van der Waals surface area contributed by atoms with Crippen molar-refractivity contribution in [3.8, 4) is 0 Å².